The Morgan fingerprint density at radius 3 is 2.63 bits per heavy atom. The summed E-state index contributed by atoms with van der Waals surface area (Å²) in [5.74, 6) is -0.151. The first-order valence-corrected chi connectivity index (χ1v) is 6.92. The summed E-state index contributed by atoms with van der Waals surface area (Å²) in [6, 6.07) is 0. The molecule has 19 heavy (non-hydrogen) atoms. The lowest BCUT2D eigenvalue weighted by Gasteiger charge is -2.18. The van der Waals surface area contributed by atoms with Crippen LogP contribution in [0.25, 0.3) is 0 Å². The minimum atomic E-state index is -1.20. The zero-order valence-corrected chi connectivity index (χ0v) is 12.2. The molecular weight excluding hydrogens is 251 g/mol. The Morgan fingerprint density at radius 2 is 2.00 bits per heavy atom. The molecule has 0 heterocycles. The largest absolute Gasteiger partial charge is 0.378 e. The van der Waals surface area contributed by atoms with Crippen LogP contribution in [0.4, 0.5) is 4.39 Å². The molecule has 0 fully saturated rings. The Morgan fingerprint density at radius 1 is 1.26 bits per heavy atom. The summed E-state index contributed by atoms with van der Waals surface area (Å²) >= 11 is 0. The summed E-state index contributed by atoms with van der Waals surface area (Å²) < 4.78 is 24.2. The highest BCUT2D eigenvalue weighted by Crippen LogP contribution is 2.02. The number of halogens is 1. The highest BCUT2D eigenvalue weighted by molar-refractivity contribution is 5.75. The SMILES string of the molecule is CCNCCOCCOC(C)C(F)CNC(=O)CC. The molecule has 2 N–H and O–H groups in total. The fraction of sp³-hybridized carbons (Fsp3) is 0.923. The molecule has 0 aliphatic rings. The molecular formula is C13H27FN2O3. The van der Waals surface area contributed by atoms with E-state index in [-0.39, 0.29) is 12.5 Å². The van der Waals surface area contributed by atoms with Crippen molar-refractivity contribution in [1.29, 1.82) is 0 Å². The van der Waals surface area contributed by atoms with Crippen LogP contribution in [0.5, 0.6) is 0 Å². The van der Waals surface area contributed by atoms with E-state index in [1.54, 1.807) is 13.8 Å². The van der Waals surface area contributed by atoms with Gasteiger partial charge in [0.1, 0.15) is 6.17 Å². The molecule has 2 unspecified atom stereocenters. The molecule has 5 nitrogen and oxygen atoms in total. The average molecular weight is 278 g/mol. The maximum Gasteiger partial charge on any atom is 0.219 e. The summed E-state index contributed by atoms with van der Waals surface area (Å²) in [5.41, 5.74) is 0. The second kappa shape index (κ2) is 12.3. The van der Waals surface area contributed by atoms with Gasteiger partial charge in [-0.3, -0.25) is 4.79 Å². The molecule has 0 bridgehead atoms. The van der Waals surface area contributed by atoms with Crippen molar-refractivity contribution in [1.82, 2.24) is 10.6 Å². The predicted molar refractivity (Wildman–Crippen MR) is 73.0 cm³/mol. The topological polar surface area (TPSA) is 59.6 Å². The highest BCUT2D eigenvalue weighted by atomic mass is 19.1. The van der Waals surface area contributed by atoms with Gasteiger partial charge in [-0.1, -0.05) is 13.8 Å². The molecule has 0 aliphatic carbocycles. The van der Waals surface area contributed by atoms with E-state index in [1.165, 1.54) is 0 Å². The molecule has 0 saturated carbocycles. The van der Waals surface area contributed by atoms with Crippen molar-refractivity contribution >= 4 is 5.91 Å². The van der Waals surface area contributed by atoms with Crippen LogP contribution in [-0.4, -0.2) is 57.6 Å². The third kappa shape index (κ3) is 10.9. The van der Waals surface area contributed by atoms with Crippen molar-refractivity contribution < 1.29 is 18.7 Å². The minimum Gasteiger partial charge on any atom is -0.378 e. The van der Waals surface area contributed by atoms with E-state index >= 15 is 0 Å². The van der Waals surface area contributed by atoms with Crippen LogP contribution in [0, 0.1) is 0 Å². The lowest BCUT2D eigenvalue weighted by Crippen LogP contribution is -2.36. The van der Waals surface area contributed by atoms with Gasteiger partial charge in [-0.2, -0.15) is 0 Å². The zero-order valence-electron chi connectivity index (χ0n) is 12.2. The zero-order chi connectivity index (χ0) is 14.5. The molecule has 0 aromatic rings. The van der Waals surface area contributed by atoms with E-state index in [1.807, 2.05) is 6.92 Å². The molecule has 114 valence electrons. The number of hydrogen-bond donors (Lipinski definition) is 2. The van der Waals surface area contributed by atoms with Crippen LogP contribution < -0.4 is 10.6 Å². The van der Waals surface area contributed by atoms with Crippen molar-refractivity contribution in [2.24, 2.45) is 0 Å². The summed E-state index contributed by atoms with van der Waals surface area (Å²) in [7, 11) is 0. The molecule has 0 saturated heterocycles. The Balaban J connectivity index is 3.46. The quantitative estimate of drug-likeness (QED) is 0.520. The normalized spacial score (nSPS) is 14.1. The van der Waals surface area contributed by atoms with Gasteiger partial charge in [-0.05, 0) is 13.5 Å². The van der Waals surface area contributed by atoms with E-state index in [4.69, 9.17) is 9.47 Å². The van der Waals surface area contributed by atoms with Gasteiger partial charge < -0.3 is 20.1 Å². The van der Waals surface area contributed by atoms with E-state index in [9.17, 15) is 9.18 Å². The van der Waals surface area contributed by atoms with Gasteiger partial charge in [0.05, 0.1) is 32.5 Å². The van der Waals surface area contributed by atoms with Crippen LogP contribution in [0.3, 0.4) is 0 Å². The van der Waals surface area contributed by atoms with Gasteiger partial charge in [0.15, 0.2) is 0 Å². The Kier molecular flexibility index (Phi) is 11.9. The van der Waals surface area contributed by atoms with E-state index in [0.29, 0.717) is 26.2 Å². The molecule has 0 radical (unpaired) electrons. The number of alkyl halides is 1. The number of carbonyl (C=O) groups is 1. The smallest absolute Gasteiger partial charge is 0.219 e. The third-order valence-corrected chi connectivity index (χ3v) is 2.61. The van der Waals surface area contributed by atoms with Crippen molar-refractivity contribution in [3.63, 3.8) is 0 Å². The number of rotatable bonds is 12. The van der Waals surface area contributed by atoms with E-state index in [0.717, 1.165) is 13.1 Å². The van der Waals surface area contributed by atoms with Gasteiger partial charge in [0.2, 0.25) is 5.91 Å². The van der Waals surface area contributed by atoms with Gasteiger partial charge in [0.25, 0.3) is 0 Å². The first kappa shape index (κ1) is 18.3. The Labute approximate surface area is 115 Å². The number of hydrogen-bond acceptors (Lipinski definition) is 4. The number of likely N-dealkylation sites (N-methyl/N-ethyl adjacent to an activating group) is 1. The van der Waals surface area contributed by atoms with E-state index in [2.05, 4.69) is 10.6 Å². The van der Waals surface area contributed by atoms with Crippen molar-refractivity contribution in [2.75, 3.05) is 39.5 Å². The van der Waals surface area contributed by atoms with E-state index < -0.39 is 12.3 Å². The van der Waals surface area contributed by atoms with Crippen LogP contribution in [0.1, 0.15) is 27.2 Å². The van der Waals surface area contributed by atoms with Crippen molar-refractivity contribution in [2.45, 2.75) is 39.5 Å². The summed E-state index contributed by atoms with van der Waals surface area (Å²) in [5, 5.41) is 5.64. The molecule has 2 atom stereocenters. The summed E-state index contributed by atoms with van der Waals surface area (Å²) in [6.45, 7) is 8.56. The summed E-state index contributed by atoms with van der Waals surface area (Å²) in [6.07, 6.45) is -1.38. The molecule has 1 amide bonds. The minimum absolute atomic E-state index is 0.00484. The molecule has 6 heteroatoms. The van der Waals surface area contributed by atoms with Crippen LogP contribution in [0.15, 0.2) is 0 Å². The monoisotopic (exact) mass is 278 g/mol. The molecule has 0 aromatic carbocycles. The Hall–Kier alpha value is -0.720. The maximum absolute atomic E-state index is 13.6. The lowest BCUT2D eigenvalue weighted by molar-refractivity contribution is -0.121. The lowest BCUT2D eigenvalue weighted by atomic mass is 10.2. The number of nitrogens with one attached hydrogen (secondary N) is 2. The maximum atomic E-state index is 13.6. The second-order valence-electron chi connectivity index (χ2n) is 4.22. The number of amides is 1. The van der Waals surface area contributed by atoms with Gasteiger partial charge in [-0.15, -0.1) is 0 Å². The van der Waals surface area contributed by atoms with Crippen LogP contribution in [-0.2, 0) is 14.3 Å². The number of carbonyl (C=O) groups excluding carboxylic acids is 1. The fourth-order valence-electron chi connectivity index (χ4n) is 1.32. The van der Waals surface area contributed by atoms with Crippen molar-refractivity contribution in [3.05, 3.63) is 0 Å². The Bertz CT molecular complexity index is 230. The molecule has 0 spiro atoms. The standard InChI is InChI=1S/C13H27FN2O3/c1-4-13(17)16-10-12(14)11(3)19-9-8-18-7-6-15-5-2/h11-12,15H,4-10H2,1-3H3,(H,16,17). The summed E-state index contributed by atoms with van der Waals surface area (Å²) in [4.78, 5) is 11.0. The van der Waals surface area contributed by atoms with Crippen LogP contribution >= 0.6 is 0 Å². The highest BCUT2D eigenvalue weighted by Gasteiger charge is 2.17. The molecule has 0 aromatic heterocycles. The first-order valence-electron chi connectivity index (χ1n) is 6.92. The predicted octanol–water partition coefficient (Wildman–Crippen LogP) is 0.882. The first-order chi connectivity index (χ1) is 9.11. The molecule has 0 aliphatic heterocycles. The second-order valence-corrected chi connectivity index (χ2v) is 4.22. The number of ether oxygens (including phenoxy) is 2. The van der Waals surface area contributed by atoms with Gasteiger partial charge >= 0.3 is 0 Å². The fourth-order valence-corrected chi connectivity index (χ4v) is 1.32. The van der Waals surface area contributed by atoms with Crippen LogP contribution in [0.2, 0.25) is 0 Å². The van der Waals surface area contributed by atoms with Crippen molar-refractivity contribution in [3.8, 4) is 0 Å². The van der Waals surface area contributed by atoms with Gasteiger partial charge in [0, 0.05) is 13.0 Å². The average Bonchev–Trinajstić information content (AvgIpc) is 2.42. The molecule has 0 rings (SSSR count). The third-order valence-electron chi connectivity index (χ3n) is 2.61. The van der Waals surface area contributed by atoms with Gasteiger partial charge in [-0.25, -0.2) is 4.39 Å².